The Bertz CT molecular complexity index is 1040. The molecule has 1 aliphatic heterocycles. The smallest absolute Gasteiger partial charge is 0.325 e. The van der Waals surface area contributed by atoms with Crippen molar-refractivity contribution in [2.75, 3.05) is 32.3 Å². The van der Waals surface area contributed by atoms with Crippen molar-refractivity contribution in [1.29, 1.82) is 0 Å². The van der Waals surface area contributed by atoms with Crippen molar-refractivity contribution in [2.45, 2.75) is 58.0 Å². The molecule has 2 amide bonds. The molecule has 0 bridgehead atoms. The summed E-state index contributed by atoms with van der Waals surface area (Å²) in [6.45, 7) is 3.79. The first-order valence-corrected chi connectivity index (χ1v) is 12.5. The van der Waals surface area contributed by atoms with Crippen LogP contribution in [0.25, 0.3) is 0 Å². The summed E-state index contributed by atoms with van der Waals surface area (Å²) in [4.78, 5) is 28.2. The molecule has 2 fully saturated rings. The van der Waals surface area contributed by atoms with Gasteiger partial charge in [-0.3, -0.25) is 4.90 Å². The lowest BCUT2D eigenvalue weighted by molar-refractivity contribution is -0.107. The Labute approximate surface area is 207 Å². The van der Waals surface area contributed by atoms with Crippen molar-refractivity contribution in [2.24, 2.45) is 5.92 Å². The Morgan fingerprint density at radius 2 is 1.80 bits per heavy atom. The second-order valence-corrected chi connectivity index (χ2v) is 9.49. The number of ether oxygens (including phenoxy) is 3. The van der Waals surface area contributed by atoms with E-state index in [4.69, 9.17) is 14.2 Å². The zero-order valence-electron chi connectivity index (χ0n) is 21.0. The van der Waals surface area contributed by atoms with E-state index in [1.54, 1.807) is 14.2 Å². The molecule has 1 saturated heterocycles. The van der Waals surface area contributed by atoms with Crippen LogP contribution in [0.15, 0.2) is 36.4 Å². The quantitative estimate of drug-likeness (QED) is 0.307. The molecule has 1 saturated carbocycles. The number of hydrogen-bond acceptors (Lipinski definition) is 5. The molecule has 2 aliphatic rings. The maximum absolute atomic E-state index is 13.6. The van der Waals surface area contributed by atoms with Crippen molar-refractivity contribution in [1.82, 2.24) is 4.90 Å². The molecular formula is C28H36N2O5. The first-order chi connectivity index (χ1) is 17.0. The molecule has 2 aromatic rings. The van der Waals surface area contributed by atoms with E-state index >= 15 is 0 Å². The number of methoxy groups -OCH3 is 2. The lowest BCUT2D eigenvalue weighted by Crippen LogP contribution is -2.53. The Kier molecular flexibility index (Phi) is 8.16. The topological polar surface area (TPSA) is 68.3 Å². The van der Waals surface area contributed by atoms with Gasteiger partial charge in [0.05, 0.1) is 27.4 Å². The Morgan fingerprint density at radius 3 is 2.51 bits per heavy atom. The standard InChI is InChI=1S/C28H36N2O5/c1-20-12-14-29(24-10-11-25(33-2)27(18-24)35-16-4-5-21-6-7-21)28(32)30(20)19-23-9-8-22(13-15-31)17-26(23)34-3/h8-11,15,17-18,20-21H,4-7,12-14,16,19H2,1-3H3. The van der Waals surface area contributed by atoms with Gasteiger partial charge >= 0.3 is 6.03 Å². The molecule has 0 N–H and O–H groups in total. The third-order valence-electron chi connectivity index (χ3n) is 6.96. The predicted octanol–water partition coefficient (Wildman–Crippen LogP) is 5.24. The summed E-state index contributed by atoms with van der Waals surface area (Å²) in [6.07, 6.45) is 6.99. The fraction of sp³-hybridized carbons (Fsp3) is 0.500. The molecule has 35 heavy (non-hydrogen) atoms. The lowest BCUT2D eigenvalue weighted by Gasteiger charge is -2.40. The number of nitrogens with zero attached hydrogens (tertiary/aromatic N) is 2. The first-order valence-electron chi connectivity index (χ1n) is 12.5. The van der Waals surface area contributed by atoms with Gasteiger partial charge in [0.2, 0.25) is 0 Å². The summed E-state index contributed by atoms with van der Waals surface area (Å²) in [7, 11) is 3.25. The molecule has 1 atom stereocenters. The van der Waals surface area contributed by atoms with Gasteiger partial charge in [-0.25, -0.2) is 4.79 Å². The van der Waals surface area contributed by atoms with E-state index in [9.17, 15) is 9.59 Å². The molecular weight excluding hydrogens is 444 g/mol. The average molecular weight is 481 g/mol. The Balaban J connectivity index is 1.49. The predicted molar refractivity (Wildman–Crippen MR) is 136 cm³/mol. The van der Waals surface area contributed by atoms with Crippen LogP contribution in [0, 0.1) is 5.92 Å². The number of urea groups is 1. The average Bonchev–Trinajstić information content (AvgIpc) is 3.69. The van der Waals surface area contributed by atoms with Gasteiger partial charge in [-0.2, -0.15) is 0 Å². The van der Waals surface area contributed by atoms with E-state index in [0.717, 1.165) is 41.9 Å². The third-order valence-corrected chi connectivity index (χ3v) is 6.96. The molecule has 7 heteroatoms. The van der Waals surface area contributed by atoms with Gasteiger partial charge in [0, 0.05) is 36.3 Å². The van der Waals surface area contributed by atoms with Crippen LogP contribution in [-0.4, -0.2) is 50.6 Å². The van der Waals surface area contributed by atoms with E-state index in [2.05, 4.69) is 6.92 Å². The van der Waals surface area contributed by atoms with Crippen LogP contribution in [0.5, 0.6) is 17.2 Å². The molecule has 0 radical (unpaired) electrons. The van der Waals surface area contributed by atoms with E-state index in [1.807, 2.05) is 46.2 Å². The zero-order chi connectivity index (χ0) is 24.8. The van der Waals surface area contributed by atoms with Crippen molar-refractivity contribution in [3.8, 4) is 17.2 Å². The van der Waals surface area contributed by atoms with Crippen LogP contribution in [0.1, 0.15) is 50.2 Å². The maximum atomic E-state index is 13.6. The molecule has 7 nitrogen and oxygen atoms in total. The molecule has 2 aromatic carbocycles. The second-order valence-electron chi connectivity index (χ2n) is 9.49. The lowest BCUT2D eigenvalue weighted by atomic mass is 10.1. The third kappa shape index (κ3) is 6.08. The number of aldehydes is 1. The van der Waals surface area contributed by atoms with Gasteiger partial charge in [0.1, 0.15) is 12.0 Å². The Hall–Kier alpha value is -3.22. The number of amides is 2. The van der Waals surface area contributed by atoms with Gasteiger partial charge in [-0.1, -0.05) is 25.0 Å². The highest BCUT2D eigenvalue weighted by atomic mass is 16.5. The van der Waals surface area contributed by atoms with Crippen LogP contribution in [0.4, 0.5) is 10.5 Å². The van der Waals surface area contributed by atoms with E-state index < -0.39 is 0 Å². The van der Waals surface area contributed by atoms with Gasteiger partial charge in [-0.15, -0.1) is 0 Å². The molecule has 0 spiro atoms. The molecule has 1 aliphatic carbocycles. The van der Waals surface area contributed by atoms with Gasteiger partial charge in [-0.05, 0) is 55.9 Å². The number of carbonyl (C=O) groups excluding carboxylic acids is 2. The molecule has 1 unspecified atom stereocenters. The van der Waals surface area contributed by atoms with Crippen LogP contribution >= 0.6 is 0 Å². The van der Waals surface area contributed by atoms with E-state index in [1.165, 1.54) is 19.3 Å². The van der Waals surface area contributed by atoms with Gasteiger partial charge in [0.25, 0.3) is 0 Å². The second kappa shape index (κ2) is 11.5. The highest BCUT2D eigenvalue weighted by Gasteiger charge is 2.32. The number of anilines is 1. The van der Waals surface area contributed by atoms with Crippen molar-refractivity contribution < 1.29 is 23.8 Å². The first kappa shape index (κ1) is 24.9. The van der Waals surface area contributed by atoms with Crippen molar-refractivity contribution >= 4 is 18.0 Å². The fourth-order valence-corrected chi connectivity index (χ4v) is 4.61. The summed E-state index contributed by atoms with van der Waals surface area (Å²) in [5, 5.41) is 0. The summed E-state index contributed by atoms with van der Waals surface area (Å²) >= 11 is 0. The Morgan fingerprint density at radius 1 is 1.00 bits per heavy atom. The summed E-state index contributed by atoms with van der Waals surface area (Å²) < 4.78 is 17.1. The van der Waals surface area contributed by atoms with Crippen molar-refractivity contribution in [3.63, 3.8) is 0 Å². The molecule has 4 rings (SSSR count). The number of rotatable bonds is 12. The van der Waals surface area contributed by atoms with Crippen LogP contribution in [0.2, 0.25) is 0 Å². The highest BCUT2D eigenvalue weighted by Crippen LogP contribution is 2.36. The van der Waals surface area contributed by atoms with Crippen LogP contribution in [0.3, 0.4) is 0 Å². The minimum atomic E-state index is -0.0485. The fourth-order valence-electron chi connectivity index (χ4n) is 4.61. The summed E-state index contributed by atoms with van der Waals surface area (Å²) in [6, 6.07) is 11.5. The highest BCUT2D eigenvalue weighted by molar-refractivity contribution is 5.93. The number of benzene rings is 2. The maximum Gasteiger partial charge on any atom is 0.325 e. The summed E-state index contributed by atoms with van der Waals surface area (Å²) in [5.74, 6) is 2.92. The van der Waals surface area contributed by atoms with E-state index in [0.29, 0.717) is 43.4 Å². The van der Waals surface area contributed by atoms with Gasteiger partial charge in [0.15, 0.2) is 11.5 Å². The minimum absolute atomic E-state index is 0.0485. The largest absolute Gasteiger partial charge is 0.496 e. The normalized spacial score (nSPS) is 17.9. The molecule has 1 heterocycles. The van der Waals surface area contributed by atoms with Crippen LogP contribution in [-0.2, 0) is 17.8 Å². The monoisotopic (exact) mass is 480 g/mol. The molecule has 188 valence electrons. The van der Waals surface area contributed by atoms with Crippen molar-refractivity contribution in [3.05, 3.63) is 47.5 Å². The number of hydrogen-bond donors (Lipinski definition) is 0. The minimum Gasteiger partial charge on any atom is -0.496 e. The van der Waals surface area contributed by atoms with Gasteiger partial charge < -0.3 is 23.9 Å². The zero-order valence-corrected chi connectivity index (χ0v) is 21.0. The summed E-state index contributed by atoms with van der Waals surface area (Å²) in [5.41, 5.74) is 2.61. The van der Waals surface area contributed by atoms with Crippen LogP contribution < -0.4 is 19.1 Å². The molecule has 0 aromatic heterocycles. The number of carbonyl (C=O) groups is 2. The SMILES string of the molecule is COc1cc(CC=O)ccc1CN1C(=O)N(c2ccc(OC)c(OCCCC3CC3)c2)CCC1C. The van der Waals surface area contributed by atoms with E-state index in [-0.39, 0.29) is 12.1 Å².